The highest BCUT2D eigenvalue weighted by Gasteiger charge is 2.23. The number of sulfonamides is 1. The van der Waals surface area contributed by atoms with Crippen LogP contribution in [-0.4, -0.2) is 32.2 Å². The Hall–Kier alpha value is -2.16. The summed E-state index contributed by atoms with van der Waals surface area (Å²) in [5, 5.41) is 2.44. The summed E-state index contributed by atoms with van der Waals surface area (Å²) in [5.41, 5.74) is 3.36. The molecule has 1 N–H and O–H groups in total. The van der Waals surface area contributed by atoms with Gasteiger partial charge in [-0.05, 0) is 49.2 Å². The van der Waals surface area contributed by atoms with Crippen molar-refractivity contribution in [2.45, 2.75) is 33.9 Å². The molecule has 164 valence electrons. The second-order valence-electron chi connectivity index (χ2n) is 7.84. The van der Waals surface area contributed by atoms with Crippen LogP contribution in [0.15, 0.2) is 86.4 Å². The highest BCUT2D eigenvalue weighted by atomic mass is 35.5. The maximum Gasteiger partial charge on any atom is 0.253 e. The first-order chi connectivity index (χ1) is 15.5. The van der Waals surface area contributed by atoms with Gasteiger partial charge in [0.1, 0.15) is 0 Å². The molecule has 2 aliphatic heterocycles. The predicted molar refractivity (Wildman–Crippen MR) is 130 cm³/mol. The highest BCUT2D eigenvalue weighted by molar-refractivity contribution is 7.99. The van der Waals surface area contributed by atoms with Crippen LogP contribution in [0.25, 0.3) is 0 Å². The van der Waals surface area contributed by atoms with Crippen molar-refractivity contribution in [3.63, 3.8) is 0 Å². The number of hydrogen-bond acceptors (Lipinski definition) is 5. The zero-order valence-corrected chi connectivity index (χ0v) is 19.7. The van der Waals surface area contributed by atoms with Crippen LogP contribution in [0.1, 0.15) is 30.4 Å². The number of halogens is 1. The fraction of sp³-hybridized carbons (Fsp3) is 0.208. The van der Waals surface area contributed by atoms with Crippen LogP contribution in [0.2, 0.25) is 5.02 Å². The third kappa shape index (κ3) is 4.49. The number of piperidine rings is 1. The molecule has 5 nitrogen and oxygen atoms in total. The van der Waals surface area contributed by atoms with Crippen molar-refractivity contribution in [2.75, 3.05) is 13.1 Å². The van der Waals surface area contributed by atoms with E-state index in [2.05, 4.69) is 10.9 Å². The number of nitrogens with zero attached hydrogens (tertiary/aromatic N) is 2. The normalized spacial score (nSPS) is 16.6. The summed E-state index contributed by atoms with van der Waals surface area (Å²) < 4.78 is 26.1. The molecule has 2 aliphatic rings. The van der Waals surface area contributed by atoms with E-state index in [1.807, 2.05) is 48.5 Å². The number of hydrazine groups is 1. The first-order valence-corrected chi connectivity index (χ1v) is 13.2. The van der Waals surface area contributed by atoms with Crippen molar-refractivity contribution in [3.05, 3.63) is 82.9 Å². The van der Waals surface area contributed by atoms with Crippen LogP contribution in [0.3, 0.4) is 0 Å². The van der Waals surface area contributed by atoms with Gasteiger partial charge in [-0.1, -0.05) is 60.1 Å². The number of benzene rings is 3. The number of rotatable bonds is 4. The van der Waals surface area contributed by atoms with E-state index in [0.717, 1.165) is 59.0 Å². The van der Waals surface area contributed by atoms with Gasteiger partial charge in [0.25, 0.3) is 10.0 Å². The van der Waals surface area contributed by atoms with Crippen molar-refractivity contribution in [1.29, 1.82) is 0 Å². The molecule has 2 heterocycles. The van der Waals surface area contributed by atoms with E-state index in [-0.39, 0.29) is 4.90 Å². The van der Waals surface area contributed by atoms with Crippen molar-refractivity contribution >= 4 is 44.8 Å². The maximum absolute atomic E-state index is 13.1. The second-order valence-corrected chi connectivity index (χ2v) is 11.0. The molecule has 3 aromatic carbocycles. The molecule has 32 heavy (non-hydrogen) atoms. The van der Waals surface area contributed by atoms with Crippen LogP contribution in [0.5, 0.6) is 0 Å². The molecule has 0 atom stereocenters. The Morgan fingerprint density at radius 3 is 2.44 bits per heavy atom. The second kappa shape index (κ2) is 9.00. The largest absolute Gasteiger partial charge is 0.253 e. The third-order valence-corrected chi connectivity index (χ3v) is 8.32. The van der Waals surface area contributed by atoms with Crippen molar-refractivity contribution in [2.24, 2.45) is 4.99 Å². The Balaban J connectivity index is 1.58. The van der Waals surface area contributed by atoms with E-state index in [0.29, 0.717) is 10.7 Å². The Morgan fingerprint density at radius 2 is 1.66 bits per heavy atom. The Bertz CT molecular complexity index is 1280. The minimum absolute atomic E-state index is 0.215. The Morgan fingerprint density at radius 1 is 0.906 bits per heavy atom. The molecule has 0 aromatic heterocycles. The van der Waals surface area contributed by atoms with Gasteiger partial charge in [0.15, 0.2) is 0 Å². The summed E-state index contributed by atoms with van der Waals surface area (Å²) in [4.78, 5) is 9.89. The monoisotopic (exact) mass is 483 g/mol. The lowest BCUT2D eigenvalue weighted by molar-refractivity contribution is 0.200. The summed E-state index contributed by atoms with van der Waals surface area (Å²) in [7, 11) is -3.68. The Kier molecular flexibility index (Phi) is 6.09. The molecule has 0 amide bonds. The van der Waals surface area contributed by atoms with Crippen molar-refractivity contribution in [3.8, 4) is 0 Å². The lowest BCUT2D eigenvalue weighted by Gasteiger charge is -2.26. The van der Waals surface area contributed by atoms with Gasteiger partial charge in [0, 0.05) is 39.0 Å². The van der Waals surface area contributed by atoms with Gasteiger partial charge in [0.2, 0.25) is 0 Å². The fourth-order valence-electron chi connectivity index (χ4n) is 3.92. The van der Waals surface area contributed by atoms with E-state index >= 15 is 0 Å². The molecule has 5 rings (SSSR count). The Labute approximate surface area is 197 Å². The molecular weight excluding hydrogens is 462 g/mol. The fourth-order valence-corrected chi connectivity index (χ4v) is 6.20. The van der Waals surface area contributed by atoms with Crippen LogP contribution < -0.4 is 4.83 Å². The highest BCUT2D eigenvalue weighted by Crippen LogP contribution is 2.42. The van der Waals surface area contributed by atoms with Gasteiger partial charge in [-0.15, -0.1) is 4.83 Å². The average molecular weight is 484 g/mol. The average Bonchev–Trinajstić information content (AvgIpc) is 2.96. The summed E-state index contributed by atoms with van der Waals surface area (Å²) >= 11 is 7.69. The van der Waals surface area contributed by atoms with E-state index in [1.165, 1.54) is 0 Å². The molecule has 0 bridgehead atoms. The molecule has 3 aromatic rings. The maximum atomic E-state index is 13.1. The van der Waals surface area contributed by atoms with E-state index < -0.39 is 10.0 Å². The minimum Gasteiger partial charge on any atom is -0.247 e. The van der Waals surface area contributed by atoms with Gasteiger partial charge in [0.05, 0.1) is 16.3 Å². The SMILES string of the molecule is O=S(=O)(NN1CCCCC1)c1ccc2c(c1)N=C(c1ccc(Cl)cc1)c1ccccc1S2. The van der Waals surface area contributed by atoms with Gasteiger partial charge >= 0.3 is 0 Å². The first-order valence-electron chi connectivity index (χ1n) is 10.5. The predicted octanol–water partition coefficient (Wildman–Crippen LogP) is 5.65. The third-order valence-electron chi connectivity index (χ3n) is 5.56. The summed E-state index contributed by atoms with van der Waals surface area (Å²) in [6, 6.07) is 20.8. The topological polar surface area (TPSA) is 61.8 Å². The molecule has 8 heteroatoms. The minimum atomic E-state index is -3.68. The number of hydrogen-bond donors (Lipinski definition) is 1. The smallest absolute Gasteiger partial charge is 0.247 e. The van der Waals surface area contributed by atoms with Crippen LogP contribution >= 0.6 is 23.4 Å². The molecule has 0 aliphatic carbocycles. The number of fused-ring (bicyclic) bond motifs is 2. The van der Waals surface area contributed by atoms with Gasteiger partial charge in [-0.25, -0.2) is 18.4 Å². The zero-order valence-electron chi connectivity index (χ0n) is 17.3. The number of aliphatic imine (C=N–C) groups is 1. The van der Waals surface area contributed by atoms with Crippen molar-refractivity contribution in [1.82, 2.24) is 9.84 Å². The van der Waals surface area contributed by atoms with Gasteiger partial charge in [-0.3, -0.25) is 0 Å². The lowest BCUT2D eigenvalue weighted by atomic mass is 10.0. The van der Waals surface area contributed by atoms with Crippen LogP contribution in [0.4, 0.5) is 5.69 Å². The van der Waals surface area contributed by atoms with E-state index in [4.69, 9.17) is 16.6 Å². The van der Waals surface area contributed by atoms with Crippen LogP contribution in [-0.2, 0) is 10.0 Å². The standard InChI is InChI=1S/C24H22ClN3O2S2/c25-18-10-8-17(9-11-18)24-20-6-2-3-7-22(20)31-23-13-12-19(16-21(23)26-24)32(29,30)27-28-14-4-1-5-15-28/h2-3,6-13,16,27H,1,4-5,14-15H2. The van der Waals surface area contributed by atoms with Crippen LogP contribution in [0, 0.1) is 0 Å². The molecule has 1 fully saturated rings. The van der Waals surface area contributed by atoms with E-state index in [9.17, 15) is 8.42 Å². The molecule has 1 saturated heterocycles. The lowest BCUT2D eigenvalue weighted by Crippen LogP contribution is -2.44. The summed E-state index contributed by atoms with van der Waals surface area (Å²) in [6.45, 7) is 1.46. The molecule has 0 radical (unpaired) electrons. The quantitative estimate of drug-likeness (QED) is 0.407. The molecular formula is C24H22ClN3O2S2. The first kappa shape index (κ1) is 21.7. The summed E-state index contributed by atoms with van der Waals surface area (Å²) in [6.07, 6.45) is 3.13. The molecule has 0 unspecified atom stereocenters. The molecule has 0 saturated carbocycles. The van der Waals surface area contributed by atoms with Crippen molar-refractivity contribution < 1.29 is 8.42 Å². The molecule has 0 spiro atoms. The number of nitrogens with one attached hydrogen (secondary N) is 1. The zero-order chi connectivity index (χ0) is 22.1. The van der Waals surface area contributed by atoms with Gasteiger partial charge in [-0.2, -0.15) is 0 Å². The summed E-state index contributed by atoms with van der Waals surface area (Å²) in [5.74, 6) is 0. The van der Waals surface area contributed by atoms with Gasteiger partial charge < -0.3 is 0 Å². The van der Waals surface area contributed by atoms with E-state index in [1.54, 1.807) is 28.9 Å².